The molecule has 9 heteroatoms. The Morgan fingerprint density at radius 1 is 1.19 bits per heavy atom. The van der Waals surface area contributed by atoms with Crippen LogP contribution in [0.3, 0.4) is 0 Å². The molecular formula is C17H25ClFNO5S. The van der Waals surface area contributed by atoms with Crippen LogP contribution in [0.15, 0.2) is 23.1 Å². The maximum Gasteiger partial charge on any atom is 0.327 e. The highest BCUT2D eigenvalue weighted by atomic mass is 35.5. The average molecular weight is 410 g/mol. The Kier molecular flexibility index (Phi) is 7.20. The zero-order valence-corrected chi connectivity index (χ0v) is 17.3. The van der Waals surface area contributed by atoms with Crippen molar-refractivity contribution >= 4 is 27.6 Å². The summed E-state index contributed by atoms with van der Waals surface area (Å²) in [7, 11) is -4.20. The fraction of sp³-hybridized carbons (Fsp3) is 0.588. The molecule has 0 heterocycles. The van der Waals surface area contributed by atoms with E-state index in [0.29, 0.717) is 0 Å². The fourth-order valence-corrected chi connectivity index (χ4v) is 3.50. The molecule has 0 spiro atoms. The van der Waals surface area contributed by atoms with E-state index >= 15 is 0 Å². The smallest absolute Gasteiger partial charge is 0.327 e. The number of halogens is 2. The van der Waals surface area contributed by atoms with Gasteiger partial charge in [-0.2, -0.15) is 4.72 Å². The molecule has 6 nitrogen and oxygen atoms in total. The third kappa shape index (κ3) is 7.57. The molecule has 1 unspecified atom stereocenters. The van der Waals surface area contributed by atoms with E-state index in [-0.39, 0.29) is 16.5 Å². The van der Waals surface area contributed by atoms with E-state index in [0.717, 1.165) is 18.2 Å². The van der Waals surface area contributed by atoms with Crippen LogP contribution in [0.25, 0.3) is 0 Å². The quantitative estimate of drug-likeness (QED) is 0.729. The second-order valence-electron chi connectivity index (χ2n) is 7.71. The van der Waals surface area contributed by atoms with E-state index < -0.39 is 39.1 Å². The molecule has 0 aliphatic heterocycles. The Labute approximate surface area is 159 Å². The second-order valence-corrected chi connectivity index (χ2v) is 9.80. The monoisotopic (exact) mass is 409 g/mol. The summed E-state index contributed by atoms with van der Waals surface area (Å²) in [5.41, 5.74) is -1.41. The standard InChI is InChI=1S/C17H25ClFNO5S/c1-16(2,3)24-10-13(15(21)25-17(4,5)6)20-26(22,23)14-8-7-11(19)9-12(14)18/h7-9,13,20H,10H2,1-6H3. The third-order valence-corrected chi connectivity index (χ3v) is 4.81. The summed E-state index contributed by atoms with van der Waals surface area (Å²) in [5, 5.41) is -0.294. The van der Waals surface area contributed by atoms with Gasteiger partial charge in [-0.05, 0) is 59.7 Å². The highest BCUT2D eigenvalue weighted by molar-refractivity contribution is 7.89. The van der Waals surface area contributed by atoms with Crippen LogP contribution < -0.4 is 4.72 Å². The number of hydrogen-bond donors (Lipinski definition) is 1. The lowest BCUT2D eigenvalue weighted by Gasteiger charge is -2.27. The molecule has 1 N–H and O–H groups in total. The predicted octanol–water partition coefficient (Wildman–Crippen LogP) is 3.28. The summed E-state index contributed by atoms with van der Waals surface area (Å²) in [5.74, 6) is -1.46. The molecule has 0 radical (unpaired) electrons. The van der Waals surface area contributed by atoms with Gasteiger partial charge in [0.15, 0.2) is 0 Å². The van der Waals surface area contributed by atoms with Gasteiger partial charge < -0.3 is 9.47 Å². The molecule has 0 saturated carbocycles. The Bertz CT molecular complexity index is 753. The highest BCUT2D eigenvalue weighted by Crippen LogP contribution is 2.23. The Morgan fingerprint density at radius 3 is 2.23 bits per heavy atom. The minimum Gasteiger partial charge on any atom is -0.459 e. The van der Waals surface area contributed by atoms with E-state index in [1.807, 2.05) is 0 Å². The number of nitrogens with one attached hydrogen (secondary N) is 1. The number of sulfonamides is 1. The van der Waals surface area contributed by atoms with Gasteiger partial charge in [0, 0.05) is 0 Å². The number of benzene rings is 1. The van der Waals surface area contributed by atoms with Gasteiger partial charge >= 0.3 is 5.97 Å². The molecule has 0 aromatic heterocycles. The summed E-state index contributed by atoms with van der Waals surface area (Å²) in [6.45, 7) is 10.1. The number of rotatable bonds is 6. The summed E-state index contributed by atoms with van der Waals surface area (Å²) < 4.78 is 51.4. The van der Waals surface area contributed by atoms with E-state index in [2.05, 4.69) is 4.72 Å². The molecular weight excluding hydrogens is 385 g/mol. The maximum atomic E-state index is 13.2. The summed E-state index contributed by atoms with van der Waals surface area (Å²) in [4.78, 5) is 12.1. The molecule has 0 aliphatic carbocycles. The predicted molar refractivity (Wildman–Crippen MR) is 97.1 cm³/mol. The molecule has 0 saturated heterocycles. The van der Waals surface area contributed by atoms with Crippen molar-refractivity contribution in [3.8, 4) is 0 Å². The first-order valence-electron chi connectivity index (χ1n) is 7.95. The van der Waals surface area contributed by atoms with Crippen molar-refractivity contribution in [2.24, 2.45) is 0 Å². The van der Waals surface area contributed by atoms with Gasteiger partial charge in [0.05, 0.1) is 17.2 Å². The number of hydrogen-bond acceptors (Lipinski definition) is 5. The largest absolute Gasteiger partial charge is 0.459 e. The van der Waals surface area contributed by atoms with Gasteiger partial charge in [-0.3, -0.25) is 4.79 Å². The zero-order valence-electron chi connectivity index (χ0n) is 15.7. The van der Waals surface area contributed by atoms with Crippen LogP contribution in [0.2, 0.25) is 5.02 Å². The molecule has 1 rings (SSSR count). The number of carbonyl (C=O) groups is 1. The minimum atomic E-state index is -4.20. The summed E-state index contributed by atoms with van der Waals surface area (Å²) in [6.07, 6.45) is 0. The van der Waals surface area contributed by atoms with Crippen LogP contribution in [0, 0.1) is 5.82 Å². The lowest BCUT2D eigenvalue weighted by atomic mass is 10.2. The van der Waals surface area contributed by atoms with Crippen molar-refractivity contribution in [1.82, 2.24) is 4.72 Å². The molecule has 0 fully saturated rings. The molecule has 0 aliphatic rings. The Morgan fingerprint density at radius 2 is 1.77 bits per heavy atom. The molecule has 0 bridgehead atoms. The van der Waals surface area contributed by atoms with Gasteiger partial charge in [0.25, 0.3) is 0 Å². The van der Waals surface area contributed by atoms with Crippen molar-refractivity contribution in [1.29, 1.82) is 0 Å². The van der Waals surface area contributed by atoms with Crippen LogP contribution in [-0.4, -0.2) is 38.2 Å². The van der Waals surface area contributed by atoms with Crippen LogP contribution in [0.1, 0.15) is 41.5 Å². The van der Waals surface area contributed by atoms with Gasteiger partial charge in [-0.25, -0.2) is 12.8 Å². The molecule has 26 heavy (non-hydrogen) atoms. The third-order valence-electron chi connectivity index (χ3n) is 2.86. The fourth-order valence-electron chi connectivity index (χ4n) is 1.80. The van der Waals surface area contributed by atoms with E-state index in [1.54, 1.807) is 41.5 Å². The summed E-state index contributed by atoms with van der Waals surface area (Å²) in [6, 6.07) is 1.58. The van der Waals surface area contributed by atoms with E-state index in [4.69, 9.17) is 21.1 Å². The Hall–Kier alpha value is -1.22. The van der Waals surface area contributed by atoms with Crippen LogP contribution in [-0.2, 0) is 24.3 Å². The minimum absolute atomic E-state index is 0.240. The van der Waals surface area contributed by atoms with Gasteiger partial charge in [-0.1, -0.05) is 11.6 Å². The topological polar surface area (TPSA) is 81.7 Å². The zero-order chi connectivity index (χ0) is 20.3. The normalized spacial score (nSPS) is 14.2. The van der Waals surface area contributed by atoms with Gasteiger partial charge in [0.1, 0.15) is 22.4 Å². The first kappa shape index (κ1) is 22.8. The summed E-state index contributed by atoms with van der Waals surface area (Å²) >= 11 is 5.83. The van der Waals surface area contributed by atoms with Crippen LogP contribution in [0.4, 0.5) is 4.39 Å². The van der Waals surface area contributed by atoms with Crippen molar-refractivity contribution in [3.05, 3.63) is 29.0 Å². The Balaban J connectivity index is 3.11. The van der Waals surface area contributed by atoms with Gasteiger partial charge in [0.2, 0.25) is 10.0 Å². The lowest BCUT2D eigenvalue weighted by molar-refractivity contribution is -0.159. The van der Waals surface area contributed by atoms with Crippen LogP contribution in [0.5, 0.6) is 0 Å². The molecule has 1 aromatic carbocycles. The molecule has 0 amide bonds. The van der Waals surface area contributed by atoms with E-state index in [1.165, 1.54) is 0 Å². The number of ether oxygens (including phenoxy) is 2. The first-order chi connectivity index (χ1) is 11.6. The van der Waals surface area contributed by atoms with Crippen LogP contribution >= 0.6 is 11.6 Å². The maximum absolute atomic E-state index is 13.2. The van der Waals surface area contributed by atoms with Gasteiger partial charge in [-0.15, -0.1) is 0 Å². The van der Waals surface area contributed by atoms with Crippen molar-refractivity contribution < 1.29 is 27.1 Å². The SMILES string of the molecule is CC(C)(C)OCC(NS(=O)(=O)c1ccc(F)cc1Cl)C(=O)OC(C)(C)C. The lowest BCUT2D eigenvalue weighted by Crippen LogP contribution is -2.48. The highest BCUT2D eigenvalue weighted by Gasteiger charge is 2.32. The van der Waals surface area contributed by atoms with Crippen molar-refractivity contribution in [2.75, 3.05) is 6.61 Å². The average Bonchev–Trinajstić information content (AvgIpc) is 2.39. The molecule has 1 aromatic rings. The van der Waals surface area contributed by atoms with E-state index in [9.17, 15) is 17.6 Å². The number of esters is 1. The molecule has 1 atom stereocenters. The van der Waals surface area contributed by atoms with Crippen molar-refractivity contribution in [3.63, 3.8) is 0 Å². The number of carbonyl (C=O) groups excluding carboxylic acids is 1. The van der Waals surface area contributed by atoms with Crippen molar-refractivity contribution in [2.45, 2.75) is 63.7 Å². The first-order valence-corrected chi connectivity index (χ1v) is 9.81. The second kappa shape index (κ2) is 8.21. The molecule has 148 valence electrons.